The van der Waals surface area contributed by atoms with Gasteiger partial charge in [0.25, 0.3) is 0 Å². The summed E-state index contributed by atoms with van der Waals surface area (Å²) in [4.78, 5) is 36.1. The maximum atomic E-state index is 13.1. The molecule has 0 bridgehead atoms. The van der Waals surface area contributed by atoms with Crippen LogP contribution in [0.15, 0.2) is 30.3 Å². The minimum Gasteiger partial charge on any atom is -0.469 e. The third kappa shape index (κ3) is 7.45. The molecule has 3 atom stereocenters. The third-order valence-electron chi connectivity index (χ3n) is 4.83. The van der Waals surface area contributed by atoms with Crippen molar-refractivity contribution < 1.29 is 37.5 Å². The predicted molar refractivity (Wildman–Crippen MR) is 112 cm³/mol. The summed E-state index contributed by atoms with van der Waals surface area (Å²) < 4.78 is 34.1. The van der Waals surface area contributed by atoms with Crippen molar-refractivity contribution in [1.29, 1.82) is 0 Å². The molecule has 31 heavy (non-hydrogen) atoms. The smallest absolute Gasteiger partial charge is 0.332 e. The van der Waals surface area contributed by atoms with Crippen LogP contribution in [0.3, 0.4) is 0 Å². The highest BCUT2D eigenvalue weighted by molar-refractivity contribution is 7.54. The Morgan fingerprint density at radius 1 is 1.26 bits per heavy atom. The van der Waals surface area contributed by atoms with E-state index < -0.39 is 42.9 Å². The first-order chi connectivity index (χ1) is 14.6. The number of esters is 2. The Kier molecular flexibility index (Phi) is 8.79. The summed E-state index contributed by atoms with van der Waals surface area (Å²) in [5.74, 6) is -2.24. The lowest BCUT2D eigenvalue weighted by Gasteiger charge is -2.40. The molecule has 9 nitrogen and oxygen atoms in total. The van der Waals surface area contributed by atoms with Gasteiger partial charge in [0.15, 0.2) is 6.10 Å². The van der Waals surface area contributed by atoms with Crippen LogP contribution in [-0.2, 0) is 44.1 Å². The van der Waals surface area contributed by atoms with E-state index in [0.29, 0.717) is 0 Å². The molecule has 1 aliphatic rings. The standard InChI is InChI=1S/C21H30NO8P/c1-15(20(25)28-12-16-8-6-5-7-9-16)13-31(26)29-14-21(2,3)18(30-31)19(24)22-11-10-17(23)27-4/h5-9,15,18H,10-14H2,1-4H3,(H,22,24)/t15-,18+,31?/m1/s1. The molecule has 0 spiro atoms. The second-order valence-electron chi connectivity index (χ2n) is 8.15. The summed E-state index contributed by atoms with van der Waals surface area (Å²) in [5.41, 5.74) is 0.0885. The first-order valence-electron chi connectivity index (χ1n) is 10.0. The Morgan fingerprint density at radius 3 is 2.58 bits per heavy atom. The molecule has 1 amide bonds. The Balaban J connectivity index is 1.94. The van der Waals surface area contributed by atoms with Crippen molar-refractivity contribution in [2.75, 3.05) is 26.4 Å². The molecule has 1 aliphatic heterocycles. The fraction of sp³-hybridized carbons (Fsp3) is 0.571. The van der Waals surface area contributed by atoms with Gasteiger partial charge in [-0.05, 0) is 5.56 Å². The first-order valence-corrected chi connectivity index (χ1v) is 11.8. The molecule has 1 N–H and O–H groups in total. The van der Waals surface area contributed by atoms with Crippen LogP contribution in [0.5, 0.6) is 0 Å². The van der Waals surface area contributed by atoms with Gasteiger partial charge < -0.3 is 19.3 Å². The molecule has 0 aliphatic carbocycles. The normalized spacial score (nSPS) is 23.4. The topological polar surface area (TPSA) is 117 Å². The Labute approximate surface area is 182 Å². The Hall–Kier alpha value is -2.22. The van der Waals surface area contributed by atoms with Crippen LogP contribution in [0.2, 0.25) is 0 Å². The van der Waals surface area contributed by atoms with E-state index in [1.807, 2.05) is 30.3 Å². The number of hydrogen-bond acceptors (Lipinski definition) is 8. The van der Waals surface area contributed by atoms with Gasteiger partial charge in [-0.25, -0.2) is 0 Å². The molecule has 1 fully saturated rings. The molecule has 172 valence electrons. The summed E-state index contributed by atoms with van der Waals surface area (Å²) in [7, 11) is -2.46. The molecule has 0 aromatic heterocycles. The molecule has 1 unspecified atom stereocenters. The number of carbonyl (C=O) groups is 3. The number of rotatable bonds is 9. The van der Waals surface area contributed by atoms with E-state index in [1.165, 1.54) is 7.11 Å². The van der Waals surface area contributed by atoms with Crippen molar-refractivity contribution in [2.24, 2.45) is 11.3 Å². The van der Waals surface area contributed by atoms with Crippen molar-refractivity contribution in [3.8, 4) is 0 Å². The summed E-state index contributed by atoms with van der Waals surface area (Å²) in [6, 6.07) is 9.21. The van der Waals surface area contributed by atoms with Gasteiger partial charge in [0.1, 0.15) is 6.61 Å². The van der Waals surface area contributed by atoms with Crippen molar-refractivity contribution in [1.82, 2.24) is 5.32 Å². The maximum absolute atomic E-state index is 13.1. The van der Waals surface area contributed by atoms with Crippen molar-refractivity contribution in [3.05, 3.63) is 35.9 Å². The predicted octanol–water partition coefficient (Wildman–Crippen LogP) is 2.68. The molecule has 1 saturated heterocycles. The average molecular weight is 455 g/mol. The second kappa shape index (κ2) is 10.9. The summed E-state index contributed by atoms with van der Waals surface area (Å²) in [5, 5.41) is 2.59. The van der Waals surface area contributed by atoms with Gasteiger partial charge in [0.2, 0.25) is 5.91 Å². The summed E-state index contributed by atoms with van der Waals surface area (Å²) in [6.45, 7) is 5.26. The van der Waals surface area contributed by atoms with Crippen LogP contribution in [0, 0.1) is 11.3 Å². The number of amides is 1. The number of nitrogens with one attached hydrogen (secondary N) is 1. The SMILES string of the molecule is COC(=O)CCNC(=O)[C@@H]1OP(=O)(C[C@@H](C)C(=O)OCc2ccccc2)OCC1(C)C. The van der Waals surface area contributed by atoms with E-state index in [0.717, 1.165) is 5.56 Å². The number of benzene rings is 1. The molecular formula is C21H30NO8P. The highest BCUT2D eigenvalue weighted by atomic mass is 31.2. The number of methoxy groups -OCH3 is 1. The van der Waals surface area contributed by atoms with Gasteiger partial charge in [-0.2, -0.15) is 0 Å². The fourth-order valence-electron chi connectivity index (χ4n) is 2.94. The molecule has 10 heteroatoms. The second-order valence-corrected chi connectivity index (χ2v) is 10.2. The van der Waals surface area contributed by atoms with Crippen LogP contribution in [-0.4, -0.2) is 50.4 Å². The van der Waals surface area contributed by atoms with Gasteiger partial charge in [-0.3, -0.25) is 23.5 Å². The summed E-state index contributed by atoms with van der Waals surface area (Å²) >= 11 is 0. The zero-order valence-corrected chi connectivity index (χ0v) is 19.2. The van der Waals surface area contributed by atoms with E-state index >= 15 is 0 Å². The molecule has 2 rings (SSSR count). The first kappa shape index (κ1) is 25.0. The summed E-state index contributed by atoms with van der Waals surface area (Å²) in [6.07, 6.45) is -1.26. The van der Waals surface area contributed by atoms with Crippen LogP contribution in [0.4, 0.5) is 0 Å². The molecular weight excluding hydrogens is 425 g/mol. The van der Waals surface area contributed by atoms with Gasteiger partial charge in [0, 0.05) is 12.0 Å². The average Bonchev–Trinajstić information content (AvgIpc) is 2.74. The molecule has 0 radical (unpaired) electrons. The van der Waals surface area contributed by atoms with E-state index in [4.69, 9.17) is 13.8 Å². The van der Waals surface area contributed by atoms with Crippen molar-refractivity contribution in [3.63, 3.8) is 0 Å². The lowest BCUT2D eigenvalue weighted by atomic mass is 9.87. The molecule has 1 heterocycles. The minimum absolute atomic E-state index is 0.00778. The van der Waals surface area contributed by atoms with E-state index in [1.54, 1.807) is 20.8 Å². The van der Waals surface area contributed by atoms with Gasteiger partial charge in [-0.1, -0.05) is 51.1 Å². The molecule has 1 aromatic carbocycles. The van der Waals surface area contributed by atoms with Crippen LogP contribution >= 0.6 is 7.60 Å². The lowest BCUT2D eigenvalue weighted by molar-refractivity contribution is -0.148. The van der Waals surface area contributed by atoms with E-state index in [-0.39, 0.29) is 32.3 Å². The maximum Gasteiger partial charge on any atom is 0.332 e. The Bertz CT molecular complexity index is 826. The zero-order valence-electron chi connectivity index (χ0n) is 18.3. The monoisotopic (exact) mass is 455 g/mol. The number of ether oxygens (including phenoxy) is 2. The van der Waals surface area contributed by atoms with Crippen LogP contribution in [0.1, 0.15) is 32.8 Å². The largest absolute Gasteiger partial charge is 0.469 e. The zero-order chi connectivity index (χ0) is 23.1. The third-order valence-corrected chi connectivity index (χ3v) is 6.88. The van der Waals surface area contributed by atoms with Gasteiger partial charge in [-0.15, -0.1) is 0 Å². The van der Waals surface area contributed by atoms with Crippen molar-refractivity contribution >= 4 is 25.4 Å². The minimum atomic E-state index is -3.72. The van der Waals surface area contributed by atoms with E-state index in [9.17, 15) is 18.9 Å². The Morgan fingerprint density at radius 2 is 1.94 bits per heavy atom. The highest BCUT2D eigenvalue weighted by Gasteiger charge is 2.48. The van der Waals surface area contributed by atoms with Crippen molar-refractivity contribution in [2.45, 2.75) is 39.9 Å². The fourth-order valence-corrected chi connectivity index (χ4v) is 5.24. The van der Waals surface area contributed by atoms with E-state index in [2.05, 4.69) is 10.1 Å². The quantitative estimate of drug-likeness (QED) is 0.446. The molecule has 0 saturated carbocycles. The van der Waals surface area contributed by atoms with Crippen LogP contribution < -0.4 is 5.32 Å². The van der Waals surface area contributed by atoms with Crippen LogP contribution in [0.25, 0.3) is 0 Å². The van der Waals surface area contributed by atoms with Gasteiger partial charge in [0.05, 0.1) is 32.2 Å². The molecule has 1 aromatic rings. The highest BCUT2D eigenvalue weighted by Crippen LogP contribution is 2.57. The number of hydrogen-bond donors (Lipinski definition) is 1. The lowest BCUT2D eigenvalue weighted by Crippen LogP contribution is -2.50. The number of carbonyl (C=O) groups excluding carboxylic acids is 3. The van der Waals surface area contributed by atoms with Gasteiger partial charge >= 0.3 is 19.5 Å².